The fourth-order valence-electron chi connectivity index (χ4n) is 2.92. The molecule has 2 atom stereocenters. The summed E-state index contributed by atoms with van der Waals surface area (Å²) < 4.78 is 0. The van der Waals surface area contributed by atoms with Crippen molar-refractivity contribution < 1.29 is 4.79 Å². The van der Waals surface area contributed by atoms with E-state index in [1.165, 1.54) is 19.3 Å². The Morgan fingerprint density at radius 2 is 2.14 bits per heavy atom. The predicted molar refractivity (Wildman–Crippen MR) is 87.0 cm³/mol. The molecule has 1 aromatic carbocycles. The number of carbonyl (C=O) groups excluding carboxylic acids is 1. The minimum atomic E-state index is -0.0754. The Hall–Kier alpha value is -1.39. The fraction of sp³-hybridized carbons (Fsp3) is 0.588. The lowest BCUT2D eigenvalue weighted by molar-refractivity contribution is -0.121. The first kappa shape index (κ1) is 16.0. The van der Waals surface area contributed by atoms with Crippen molar-refractivity contribution in [3.63, 3.8) is 0 Å². The average molecular weight is 289 g/mol. The van der Waals surface area contributed by atoms with Gasteiger partial charge in [0.1, 0.15) is 0 Å². The molecule has 4 heteroatoms. The van der Waals surface area contributed by atoms with Crippen molar-refractivity contribution >= 4 is 11.6 Å². The van der Waals surface area contributed by atoms with Crippen molar-refractivity contribution in [2.45, 2.75) is 45.7 Å². The summed E-state index contributed by atoms with van der Waals surface area (Å²) in [5.74, 6) is 0.810. The van der Waals surface area contributed by atoms with Crippen molar-refractivity contribution in [1.82, 2.24) is 4.90 Å². The van der Waals surface area contributed by atoms with Crippen LogP contribution in [0.1, 0.15) is 38.7 Å². The highest BCUT2D eigenvalue weighted by Crippen LogP contribution is 2.21. The van der Waals surface area contributed by atoms with Gasteiger partial charge in [-0.15, -0.1) is 0 Å². The van der Waals surface area contributed by atoms with Crippen molar-refractivity contribution in [1.29, 1.82) is 0 Å². The summed E-state index contributed by atoms with van der Waals surface area (Å²) in [6, 6.07) is 7.66. The molecule has 0 spiro atoms. The third kappa shape index (κ3) is 4.29. The zero-order valence-electron chi connectivity index (χ0n) is 13.1. The largest absolute Gasteiger partial charge is 0.326 e. The number of hydrogen-bond acceptors (Lipinski definition) is 3. The molecule has 1 heterocycles. The monoisotopic (exact) mass is 289 g/mol. The van der Waals surface area contributed by atoms with Gasteiger partial charge in [0.25, 0.3) is 0 Å². The summed E-state index contributed by atoms with van der Waals surface area (Å²) in [5.41, 5.74) is 7.49. The van der Waals surface area contributed by atoms with Gasteiger partial charge in [0.05, 0.1) is 6.04 Å². The molecule has 21 heavy (non-hydrogen) atoms. The number of piperidine rings is 1. The molecule has 0 aliphatic carbocycles. The number of nitrogens with one attached hydrogen (secondary N) is 1. The Morgan fingerprint density at radius 3 is 2.76 bits per heavy atom. The number of anilines is 1. The molecular formula is C17H27N3O. The minimum Gasteiger partial charge on any atom is -0.326 e. The van der Waals surface area contributed by atoms with Crippen LogP contribution >= 0.6 is 0 Å². The first-order chi connectivity index (χ1) is 10.1. The van der Waals surface area contributed by atoms with Gasteiger partial charge >= 0.3 is 0 Å². The molecule has 1 aliphatic heterocycles. The van der Waals surface area contributed by atoms with Gasteiger partial charge in [-0.25, -0.2) is 0 Å². The number of hydrogen-bond donors (Lipinski definition) is 2. The Kier molecular flexibility index (Phi) is 5.76. The second-order valence-corrected chi connectivity index (χ2v) is 5.98. The molecule has 1 saturated heterocycles. The third-order valence-electron chi connectivity index (χ3n) is 4.51. The second-order valence-electron chi connectivity index (χ2n) is 5.98. The van der Waals surface area contributed by atoms with Crippen molar-refractivity contribution in [2.24, 2.45) is 11.7 Å². The van der Waals surface area contributed by atoms with Gasteiger partial charge in [-0.1, -0.05) is 25.5 Å². The Balaban J connectivity index is 1.92. The van der Waals surface area contributed by atoms with Crippen LogP contribution in [0.25, 0.3) is 0 Å². The number of nitrogens with two attached hydrogens (primary N) is 1. The molecule has 1 aromatic rings. The lowest BCUT2D eigenvalue weighted by atomic mass is 9.94. The topological polar surface area (TPSA) is 58.4 Å². The Morgan fingerprint density at radius 1 is 1.43 bits per heavy atom. The number of carbonyl (C=O) groups is 1. The molecule has 116 valence electrons. The highest BCUT2D eigenvalue weighted by molar-refractivity contribution is 5.94. The zero-order valence-corrected chi connectivity index (χ0v) is 13.1. The van der Waals surface area contributed by atoms with Crippen molar-refractivity contribution in [3.8, 4) is 0 Å². The summed E-state index contributed by atoms with van der Waals surface area (Å²) >= 11 is 0. The van der Waals surface area contributed by atoms with Crippen LogP contribution in [0.15, 0.2) is 24.3 Å². The van der Waals surface area contributed by atoms with Gasteiger partial charge in [0.15, 0.2) is 0 Å². The van der Waals surface area contributed by atoms with Gasteiger partial charge in [-0.2, -0.15) is 0 Å². The number of rotatable bonds is 5. The van der Waals surface area contributed by atoms with Crippen LogP contribution in [-0.4, -0.2) is 29.9 Å². The minimum absolute atomic E-state index is 0.0754. The number of amides is 1. The Labute approximate surface area is 127 Å². The van der Waals surface area contributed by atoms with E-state index < -0.39 is 0 Å². The van der Waals surface area contributed by atoms with Crippen LogP contribution in [0, 0.1) is 5.92 Å². The molecule has 3 N–H and O–H groups in total. The molecular weight excluding hydrogens is 262 g/mol. The standard InChI is InChI=1S/C17H27N3O/c1-3-14-5-4-10-20(12-14)13(2)17(21)19-16-8-6-15(11-18)7-9-16/h6-9,13-14H,3-5,10-12,18H2,1-2H3,(H,19,21). The van der Waals surface area contributed by atoms with E-state index in [-0.39, 0.29) is 11.9 Å². The summed E-state index contributed by atoms with van der Waals surface area (Å²) in [7, 11) is 0. The SMILES string of the molecule is CCC1CCCN(C(C)C(=O)Nc2ccc(CN)cc2)C1. The van der Waals surface area contributed by atoms with E-state index in [2.05, 4.69) is 17.1 Å². The molecule has 0 radical (unpaired) electrons. The smallest absolute Gasteiger partial charge is 0.241 e. The van der Waals surface area contributed by atoms with Crippen LogP contribution in [0.5, 0.6) is 0 Å². The van der Waals surface area contributed by atoms with E-state index >= 15 is 0 Å². The van der Waals surface area contributed by atoms with E-state index in [9.17, 15) is 4.79 Å². The maximum absolute atomic E-state index is 12.4. The predicted octanol–water partition coefficient (Wildman–Crippen LogP) is 2.59. The normalized spacial score (nSPS) is 21.0. The second kappa shape index (κ2) is 7.57. The zero-order chi connectivity index (χ0) is 15.2. The van der Waals surface area contributed by atoms with Gasteiger partial charge in [0.2, 0.25) is 5.91 Å². The van der Waals surface area contributed by atoms with Gasteiger partial charge in [-0.05, 0) is 49.9 Å². The van der Waals surface area contributed by atoms with Crippen LogP contribution in [0.2, 0.25) is 0 Å². The van der Waals surface area contributed by atoms with E-state index in [4.69, 9.17) is 5.73 Å². The summed E-state index contributed by atoms with van der Waals surface area (Å²) in [5, 5.41) is 3.00. The van der Waals surface area contributed by atoms with E-state index in [0.29, 0.717) is 6.54 Å². The van der Waals surface area contributed by atoms with Gasteiger partial charge < -0.3 is 11.1 Å². The third-order valence-corrected chi connectivity index (χ3v) is 4.51. The lowest BCUT2D eigenvalue weighted by Crippen LogP contribution is -2.47. The first-order valence-corrected chi connectivity index (χ1v) is 7.98. The lowest BCUT2D eigenvalue weighted by Gasteiger charge is -2.35. The van der Waals surface area contributed by atoms with Crippen LogP contribution in [-0.2, 0) is 11.3 Å². The number of likely N-dealkylation sites (tertiary alicyclic amines) is 1. The van der Waals surface area contributed by atoms with Crippen molar-refractivity contribution in [3.05, 3.63) is 29.8 Å². The summed E-state index contributed by atoms with van der Waals surface area (Å²) in [4.78, 5) is 14.7. The van der Waals surface area contributed by atoms with E-state index in [1.54, 1.807) is 0 Å². The van der Waals surface area contributed by atoms with Gasteiger partial charge in [0, 0.05) is 18.8 Å². The number of nitrogens with zero attached hydrogens (tertiary/aromatic N) is 1. The molecule has 1 aliphatic rings. The van der Waals surface area contributed by atoms with Crippen LogP contribution in [0.3, 0.4) is 0 Å². The van der Waals surface area contributed by atoms with E-state index in [0.717, 1.165) is 30.3 Å². The van der Waals surface area contributed by atoms with Gasteiger partial charge in [-0.3, -0.25) is 9.69 Å². The maximum atomic E-state index is 12.4. The maximum Gasteiger partial charge on any atom is 0.241 e. The molecule has 2 unspecified atom stereocenters. The number of benzene rings is 1. The van der Waals surface area contributed by atoms with E-state index in [1.807, 2.05) is 31.2 Å². The fourth-order valence-corrected chi connectivity index (χ4v) is 2.92. The first-order valence-electron chi connectivity index (χ1n) is 7.98. The molecule has 0 saturated carbocycles. The quantitative estimate of drug-likeness (QED) is 0.876. The van der Waals surface area contributed by atoms with Crippen LogP contribution < -0.4 is 11.1 Å². The van der Waals surface area contributed by atoms with Crippen molar-refractivity contribution in [2.75, 3.05) is 18.4 Å². The molecule has 0 bridgehead atoms. The highest BCUT2D eigenvalue weighted by atomic mass is 16.2. The highest BCUT2D eigenvalue weighted by Gasteiger charge is 2.26. The molecule has 0 aromatic heterocycles. The average Bonchev–Trinajstić information content (AvgIpc) is 2.54. The summed E-state index contributed by atoms with van der Waals surface area (Å²) in [6.45, 7) is 6.82. The summed E-state index contributed by atoms with van der Waals surface area (Å²) in [6.07, 6.45) is 3.69. The molecule has 1 fully saturated rings. The Bertz CT molecular complexity index is 458. The molecule has 2 rings (SSSR count). The molecule has 1 amide bonds. The van der Waals surface area contributed by atoms with Crippen LogP contribution in [0.4, 0.5) is 5.69 Å². The molecule has 4 nitrogen and oxygen atoms in total.